The molecule has 3 aromatic rings. The van der Waals surface area contributed by atoms with Gasteiger partial charge in [-0.05, 0) is 25.5 Å². The van der Waals surface area contributed by atoms with Crippen LogP contribution in [0.25, 0.3) is 5.65 Å². The van der Waals surface area contributed by atoms with Crippen molar-refractivity contribution in [1.29, 1.82) is 0 Å². The highest BCUT2D eigenvalue weighted by atomic mass is 16.5. The Labute approximate surface area is 146 Å². The summed E-state index contributed by atoms with van der Waals surface area (Å²) in [6.45, 7) is 4.27. The van der Waals surface area contributed by atoms with E-state index in [1.54, 1.807) is 6.20 Å². The first-order valence-electron chi connectivity index (χ1n) is 8.46. The molecule has 7 nitrogen and oxygen atoms in total. The van der Waals surface area contributed by atoms with Crippen LogP contribution in [0, 0.1) is 6.92 Å². The first-order valence-corrected chi connectivity index (χ1v) is 8.46. The molecule has 0 aliphatic heterocycles. The molecule has 0 spiro atoms. The summed E-state index contributed by atoms with van der Waals surface area (Å²) in [5, 5.41) is 12.8. The Morgan fingerprint density at radius 2 is 2.20 bits per heavy atom. The molecular weight excluding hydrogens is 318 g/mol. The van der Waals surface area contributed by atoms with E-state index >= 15 is 0 Å². The van der Waals surface area contributed by atoms with E-state index in [0.717, 1.165) is 24.2 Å². The van der Waals surface area contributed by atoms with Crippen LogP contribution in [0.3, 0.4) is 0 Å². The molecule has 0 amide bonds. The number of hydrogen-bond donors (Lipinski definition) is 2. The van der Waals surface area contributed by atoms with Gasteiger partial charge in [0.2, 0.25) is 0 Å². The molecule has 2 N–H and O–H groups in total. The fraction of sp³-hybridized carbons (Fsp3) is 0.389. The van der Waals surface area contributed by atoms with Crippen LogP contribution in [0.15, 0.2) is 36.8 Å². The molecule has 0 radical (unpaired) electrons. The molecule has 0 aliphatic carbocycles. The van der Waals surface area contributed by atoms with Crippen molar-refractivity contribution in [2.75, 3.05) is 11.9 Å². The number of hydrogen-bond acceptors (Lipinski definition) is 6. The largest absolute Gasteiger partial charge is 0.482 e. The zero-order valence-electron chi connectivity index (χ0n) is 14.5. The lowest BCUT2D eigenvalue weighted by atomic mass is 10.2. The molecule has 25 heavy (non-hydrogen) atoms. The molecule has 0 saturated heterocycles. The maximum absolute atomic E-state index is 9.51. The van der Waals surface area contributed by atoms with E-state index in [0.29, 0.717) is 24.0 Å². The summed E-state index contributed by atoms with van der Waals surface area (Å²) in [6.07, 6.45) is 7.36. The van der Waals surface area contributed by atoms with E-state index in [1.807, 2.05) is 41.9 Å². The first kappa shape index (κ1) is 17.2. The van der Waals surface area contributed by atoms with E-state index in [1.165, 1.54) is 0 Å². The number of rotatable bonds is 8. The van der Waals surface area contributed by atoms with Crippen molar-refractivity contribution in [2.45, 2.75) is 39.3 Å². The zero-order valence-corrected chi connectivity index (χ0v) is 14.5. The van der Waals surface area contributed by atoms with Crippen molar-refractivity contribution >= 4 is 11.5 Å². The van der Waals surface area contributed by atoms with E-state index in [-0.39, 0.29) is 12.6 Å². The molecule has 0 aliphatic rings. The minimum absolute atomic E-state index is 0.0444. The Kier molecular flexibility index (Phi) is 5.45. The summed E-state index contributed by atoms with van der Waals surface area (Å²) in [7, 11) is 0. The van der Waals surface area contributed by atoms with Gasteiger partial charge in [0.05, 0.1) is 24.5 Å². The second-order valence-corrected chi connectivity index (χ2v) is 5.93. The van der Waals surface area contributed by atoms with Gasteiger partial charge >= 0.3 is 0 Å². The number of aliphatic hydroxyl groups is 1. The van der Waals surface area contributed by atoms with Gasteiger partial charge in [0.15, 0.2) is 11.6 Å². The fourth-order valence-corrected chi connectivity index (χ4v) is 2.63. The van der Waals surface area contributed by atoms with E-state index in [9.17, 15) is 5.11 Å². The Morgan fingerprint density at radius 3 is 2.96 bits per heavy atom. The van der Waals surface area contributed by atoms with Crippen LogP contribution >= 0.6 is 0 Å². The summed E-state index contributed by atoms with van der Waals surface area (Å²) in [6, 6.07) is 5.79. The Hall–Kier alpha value is -2.67. The smallest absolute Gasteiger partial charge is 0.180 e. The van der Waals surface area contributed by atoms with E-state index in [2.05, 4.69) is 27.2 Å². The van der Waals surface area contributed by atoms with Crippen LogP contribution in [0.1, 0.15) is 31.3 Å². The van der Waals surface area contributed by atoms with Crippen LogP contribution in [-0.2, 0) is 6.61 Å². The molecule has 7 heteroatoms. The van der Waals surface area contributed by atoms with Crippen molar-refractivity contribution in [1.82, 2.24) is 19.4 Å². The third-order valence-electron chi connectivity index (χ3n) is 3.86. The highest BCUT2D eigenvalue weighted by molar-refractivity contribution is 5.49. The average Bonchev–Trinajstić information content (AvgIpc) is 3.03. The van der Waals surface area contributed by atoms with Crippen LogP contribution in [0.4, 0.5) is 5.82 Å². The molecule has 1 atom stereocenters. The molecule has 0 saturated carbocycles. The molecule has 3 aromatic heterocycles. The molecule has 3 rings (SSSR count). The summed E-state index contributed by atoms with van der Waals surface area (Å²) >= 11 is 0. The number of pyridine rings is 1. The highest BCUT2D eigenvalue weighted by Gasteiger charge is 2.13. The van der Waals surface area contributed by atoms with Gasteiger partial charge in [0, 0.05) is 12.4 Å². The summed E-state index contributed by atoms with van der Waals surface area (Å²) in [4.78, 5) is 13.1. The normalized spacial score (nSPS) is 12.3. The van der Waals surface area contributed by atoms with Crippen LogP contribution in [-0.4, -0.2) is 37.1 Å². The van der Waals surface area contributed by atoms with Crippen molar-refractivity contribution in [3.05, 3.63) is 48.3 Å². The van der Waals surface area contributed by atoms with Crippen molar-refractivity contribution in [3.63, 3.8) is 0 Å². The minimum atomic E-state index is -0.0585. The third kappa shape index (κ3) is 4.24. The third-order valence-corrected chi connectivity index (χ3v) is 3.86. The number of nitrogens with zero attached hydrogens (tertiary/aromatic N) is 4. The number of nitrogens with one attached hydrogen (secondary N) is 1. The molecule has 0 aromatic carbocycles. The molecule has 0 bridgehead atoms. The van der Waals surface area contributed by atoms with E-state index < -0.39 is 0 Å². The van der Waals surface area contributed by atoms with Crippen LogP contribution in [0.2, 0.25) is 0 Å². The number of ether oxygens (including phenoxy) is 1. The van der Waals surface area contributed by atoms with Crippen molar-refractivity contribution in [2.24, 2.45) is 0 Å². The number of aryl methyl sites for hydroxylation is 1. The zero-order chi connectivity index (χ0) is 17.6. The molecule has 0 unspecified atom stereocenters. The fourth-order valence-electron chi connectivity index (χ4n) is 2.63. The maximum atomic E-state index is 9.51. The lowest BCUT2D eigenvalue weighted by molar-refractivity contribution is 0.266. The second-order valence-electron chi connectivity index (χ2n) is 5.93. The summed E-state index contributed by atoms with van der Waals surface area (Å²) in [5.74, 6) is 1.80. The topological polar surface area (TPSA) is 84.6 Å². The number of imidazole rings is 1. The quantitative estimate of drug-likeness (QED) is 0.655. The van der Waals surface area contributed by atoms with Crippen LogP contribution < -0.4 is 10.1 Å². The Balaban J connectivity index is 1.74. The number of aromatic nitrogens is 4. The molecule has 132 valence electrons. The number of aliphatic hydroxyl groups excluding tert-OH is 1. The van der Waals surface area contributed by atoms with E-state index in [4.69, 9.17) is 4.74 Å². The van der Waals surface area contributed by atoms with Gasteiger partial charge in [-0.15, -0.1) is 0 Å². The van der Waals surface area contributed by atoms with Gasteiger partial charge in [-0.2, -0.15) is 0 Å². The van der Waals surface area contributed by atoms with Gasteiger partial charge in [-0.1, -0.05) is 19.4 Å². The van der Waals surface area contributed by atoms with Crippen molar-refractivity contribution in [3.8, 4) is 5.75 Å². The Bertz CT molecular complexity index is 800. The first-order chi connectivity index (χ1) is 12.2. The predicted octanol–water partition coefficient (Wildman–Crippen LogP) is 2.58. The standard InChI is InChI=1S/C18H23N5O2/c1-3-6-14(11-24)22-18-16(9-19-13(2)20-18)25-12-15-10-23-8-5-4-7-17(23)21-15/h4-5,7-10,14,24H,3,6,11-12H2,1-2H3,(H,19,20,22)/t14-/m0/s1. The highest BCUT2D eigenvalue weighted by Crippen LogP contribution is 2.23. The molecular formula is C18H23N5O2. The van der Waals surface area contributed by atoms with Gasteiger partial charge in [-0.3, -0.25) is 0 Å². The van der Waals surface area contributed by atoms with Gasteiger partial charge in [-0.25, -0.2) is 15.0 Å². The lowest BCUT2D eigenvalue weighted by Crippen LogP contribution is -2.24. The summed E-state index contributed by atoms with van der Waals surface area (Å²) in [5.41, 5.74) is 1.70. The maximum Gasteiger partial charge on any atom is 0.180 e. The number of anilines is 1. The number of fused-ring (bicyclic) bond motifs is 1. The van der Waals surface area contributed by atoms with Crippen molar-refractivity contribution < 1.29 is 9.84 Å². The predicted molar refractivity (Wildman–Crippen MR) is 95.7 cm³/mol. The average molecular weight is 341 g/mol. The SMILES string of the molecule is CCC[C@@H](CO)Nc1nc(C)ncc1OCc1cn2ccccc2n1. The minimum Gasteiger partial charge on any atom is -0.482 e. The lowest BCUT2D eigenvalue weighted by Gasteiger charge is -2.18. The van der Waals surface area contributed by atoms with Crippen LogP contribution in [0.5, 0.6) is 5.75 Å². The molecule has 0 fully saturated rings. The Morgan fingerprint density at radius 1 is 1.32 bits per heavy atom. The van der Waals surface area contributed by atoms with Gasteiger partial charge in [0.1, 0.15) is 18.1 Å². The van der Waals surface area contributed by atoms with Gasteiger partial charge < -0.3 is 19.6 Å². The van der Waals surface area contributed by atoms with Gasteiger partial charge in [0.25, 0.3) is 0 Å². The monoisotopic (exact) mass is 341 g/mol. The summed E-state index contributed by atoms with van der Waals surface area (Å²) < 4.78 is 7.84. The molecule has 3 heterocycles. The second kappa shape index (κ2) is 7.94.